The van der Waals surface area contributed by atoms with Gasteiger partial charge in [-0.05, 0) is 19.3 Å². The van der Waals surface area contributed by atoms with Crippen molar-refractivity contribution in [2.45, 2.75) is 32.1 Å². The third-order valence-electron chi connectivity index (χ3n) is 3.31. The molecule has 1 aliphatic rings. The van der Waals surface area contributed by atoms with E-state index >= 15 is 0 Å². The average Bonchev–Trinajstić information content (AvgIpc) is 2.18. The second-order valence-electron chi connectivity index (χ2n) is 4.07. The molecule has 2 unspecified atom stereocenters. The first-order chi connectivity index (χ1) is 7.04. The van der Waals surface area contributed by atoms with Gasteiger partial charge in [0.2, 0.25) is 0 Å². The normalized spacial score (nSPS) is 31.1. The van der Waals surface area contributed by atoms with Crippen LogP contribution in [0.5, 0.6) is 0 Å². The van der Waals surface area contributed by atoms with Crippen LogP contribution in [0, 0.1) is 11.3 Å². The van der Waals surface area contributed by atoms with Crippen molar-refractivity contribution in [1.82, 2.24) is 0 Å². The summed E-state index contributed by atoms with van der Waals surface area (Å²) in [6.07, 6.45) is 2.23. The largest absolute Gasteiger partial charge is 0.481 e. The van der Waals surface area contributed by atoms with Gasteiger partial charge in [-0.2, -0.15) is 0 Å². The summed E-state index contributed by atoms with van der Waals surface area (Å²) >= 11 is 0. The van der Waals surface area contributed by atoms with Crippen LogP contribution in [-0.4, -0.2) is 33.9 Å². The van der Waals surface area contributed by atoms with Gasteiger partial charge in [0.15, 0.2) is 0 Å². The maximum atomic E-state index is 11.2. The van der Waals surface area contributed by atoms with Gasteiger partial charge in [0.25, 0.3) is 0 Å². The summed E-state index contributed by atoms with van der Waals surface area (Å²) in [5.41, 5.74) is -1.27. The Morgan fingerprint density at radius 2 is 1.93 bits per heavy atom. The topological polar surface area (TPSA) is 94.8 Å². The van der Waals surface area contributed by atoms with Crippen molar-refractivity contribution in [1.29, 1.82) is 0 Å². The molecule has 0 spiro atoms. The minimum absolute atomic E-state index is 0.0271. The van der Waals surface area contributed by atoms with Crippen LogP contribution in [0.4, 0.5) is 0 Å². The second kappa shape index (κ2) is 4.61. The molecule has 1 rings (SSSR count). The van der Waals surface area contributed by atoms with Crippen LogP contribution in [-0.2, 0) is 9.59 Å². The summed E-state index contributed by atoms with van der Waals surface area (Å²) in [7, 11) is 0. The molecule has 0 aromatic heterocycles. The lowest BCUT2D eigenvalue weighted by atomic mass is 9.64. The molecule has 0 bridgehead atoms. The Bertz CT molecular complexity index is 259. The third kappa shape index (κ3) is 2.12. The van der Waals surface area contributed by atoms with Crippen molar-refractivity contribution < 1.29 is 24.9 Å². The fourth-order valence-corrected chi connectivity index (χ4v) is 2.46. The predicted octanol–water partition coefficient (Wildman–Crippen LogP) is 0.715. The number of rotatable bonds is 4. The number of aliphatic hydroxyl groups excluding tert-OH is 1. The first kappa shape index (κ1) is 12.0. The number of aliphatic hydroxyl groups is 1. The molecule has 0 amide bonds. The van der Waals surface area contributed by atoms with Gasteiger partial charge in [-0.25, -0.2) is 0 Å². The number of carbonyl (C=O) groups is 2. The Kier molecular flexibility index (Phi) is 3.68. The minimum atomic E-state index is -1.27. The van der Waals surface area contributed by atoms with Crippen molar-refractivity contribution in [2.75, 3.05) is 6.61 Å². The fraction of sp³-hybridized carbons (Fsp3) is 0.800. The molecule has 0 aromatic carbocycles. The average molecular weight is 216 g/mol. The smallest absolute Gasteiger partial charge is 0.310 e. The van der Waals surface area contributed by atoms with Crippen LogP contribution in [0.1, 0.15) is 32.1 Å². The molecule has 0 aromatic rings. The van der Waals surface area contributed by atoms with Gasteiger partial charge in [-0.15, -0.1) is 0 Å². The van der Waals surface area contributed by atoms with Crippen LogP contribution >= 0.6 is 0 Å². The highest BCUT2D eigenvalue weighted by Crippen LogP contribution is 2.44. The molecular weight excluding hydrogens is 200 g/mol. The molecule has 1 aliphatic carbocycles. The highest BCUT2D eigenvalue weighted by atomic mass is 16.4. The Morgan fingerprint density at radius 3 is 2.40 bits per heavy atom. The summed E-state index contributed by atoms with van der Waals surface area (Å²) in [6.45, 7) is -0.282. The van der Waals surface area contributed by atoms with Gasteiger partial charge < -0.3 is 15.3 Å². The van der Waals surface area contributed by atoms with E-state index in [1.54, 1.807) is 0 Å². The lowest BCUT2D eigenvalue weighted by Crippen LogP contribution is -2.45. The van der Waals surface area contributed by atoms with Crippen molar-refractivity contribution in [3.8, 4) is 0 Å². The van der Waals surface area contributed by atoms with Gasteiger partial charge in [-0.3, -0.25) is 9.59 Å². The number of hydrogen-bond donors (Lipinski definition) is 3. The first-order valence-electron chi connectivity index (χ1n) is 5.11. The molecule has 0 aliphatic heterocycles. The van der Waals surface area contributed by atoms with E-state index in [4.69, 9.17) is 15.3 Å². The van der Waals surface area contributed by atoms with E-state index in [-0.39, 0.29) is 13.0 Å². The van der Waals surface area contributed by atoms with Gasteiger partial charge in [0, 0.05) is 6.61 Å². The first-order valence-corrected chi connectivity index (χ1v) is 5.11. The fourth-order valence-electron chi connectivity index (χ4n) is 2.46. The highest BCUT2D eigenvalue weighted by Gasteiger charge is 2.50. The van der Waals surface area contributed by atoms with Gasteiger partial charge in [-0.1, -0.05) is 12.8 Å². The van der Waals surface area contributed by atoms with Crippen molar-refractivity contribution in [2.24, 2.45) is 11.3 Å². The van der Waals surface area contributed by atoms with Crippen LogP contribution < -0.4 is 0 Å². The van der Waals surface area contributed by atoms with E-state index in [0.29, 0.717) is 12.8 Å². The highest BCUT2D eigenvalue weighted by molar-refractivity contribution is 5.83. The molecule has 3 N–H and O–H groups in total. The van der Waals surface area contributed by atoms with Crippen molar-refractivity contribution >= 4 is 11.9 Å². The zero-order chi connectivity index (χ0) is 11.5. The number of carboxylic acids is 2. The standard InChI is InChI=1S/C10H16O5/c11-6-5-10(9(14)15)4-2-1-3-7(10)8(12)13/h7,11H,1-6H2,(H,12,13)(H,14,15). The van der Waals surface area contributed by atoms with E-state index in [1.165, 1.54) is 0 Å². The van der Waals surface area contributed by atoms with Crippen LogP contribution in [0.2, 0.25) is 0 Å². The molecule has 1 saturated carbocycles. The van der Waals surface area contributed by atoms with Crippen LogP contribution in [0.25, 0.3) is 0 Å². The predicted molar refractivity (Wildman–Crippen MR) is 51.4 cm³/mol. The van der Waals surface area contributed by atoms with Gasteiger partial charge >= 0.3 is 11.9 Å². The number of hydrogen-bond acceptors (Lipinski definition) is 3. The van der Waals surface area contributed by atoms with Gasteiger partial charge in [0.1, 0.15) is 0 Å². The molecular formula is C10H16O5. The third-order valence-corrected chi connectivity index (χ3v) is 3.31. The molecule has 1 fully saturated rings. The SMILES string of the molecule is O=C(O)C1CCCCC1(CCO)C(=O)O. The lowest BCUT2D eigenvalue weighted by molar-refractivity contribution is -0.167. The number of carboxylic acid groups (broad SMARTS) is 2. The van der Waals surface area contributed by atoms with E-state index in [9.17, 15) is 9.59 Å². The molecule has 15 heavy (non-hydrogen) atoms. The minimum Gasteiger partial charge on any atom is -0.481 e. The molecule has 0 saturated heterocycles. The van der Waals surface area contributed by atoms with Gasteiger partial charge in [0.05, 0.1) is 11.3 Å². The van der Waals surface area contributed by atoms with Crippen LogP contribution in [0.15, 0.2) is 0 Å². The summed E-state index contributed by atoms with van der Waals surface area (Å²) in [5, 5.41) is 27.0. The molecule has 0 heterocycles. The summed E-state index contributed by atoms with van der Waals surface area (Å²) in [6, 6.07) is 0. The molecule has 5 nitrogen and oxygen atoms in total. The Morgan fingerprint density at radius 1 is 1.27 bits per heavy atom. The second-order valence-corrected chi connectivity index (χ2v) is 4.07. The van der Waals surface area contributed by atoms with E-state index < -0.39 is 23.3 Å². The Labute approximate surface area is 87.7 Å². The van der Waals surface area contributed by atoms with E-state index in [0.717, 1.165) is 12.8 Å². The van der Waals surface area contributed by atoms with E-state index in [1.807, 2.05) is 0 Å². The number of aliphatic carboxylic acids is 2. The van der Waals surface area contributed by atoms with Crippen LogP contribution in [0.3, 0.4) is 0 Å². The Balaban J connectivity index is 2.98. The lowest BCUT2D eigenvalue weighted by Gasteiger charge is -2.38. The molecule has 86 valence electrons. The van der Waals surface area contributed by atoms with Crippen molar-refractivity contribution in [3.63, 3.8) is 0 Å². The zero-order valence-corrected chi connectivity index (χ0v) is 8.48. The molecule has 2 atom stereocenters. The Hall–Kier alpha value is -1.10. The maximum absolute atomic E-state index is 11.2. The van der Waals surface area contributed by atoms with Crippen molar-refractivity contribution in [3.05, 3.63) is 0 Å². The quantitative estimate of drug-likeness (QED) is 0.643. The summed E-state index contributed by atoms with van der Waals surface area (Å²) < 4.78 is 0. The zero-order valence-electron chi connectivity index (χ0n) is 8.48. The molecule has 5 heteroatoms. The monoisotopic (exact) mass is 216 g/mol. The summed E-state index contributed by atoms with van der Waals surface area (Å²) in [5.74, 6) is -3.02. The summed E-state index contributed by atoms with van der Waals surface area (Å²) in [4.78, 5) is 22.2. The maximum Gasteiger partial charge on any atom is 0.310 e. The molecule has 0 radical (unpaired) electrons. The van der Waals surface area contributed by atoms with E-state index in [2.05, 4.69) is 0 Å².